The van der Waals surface area contributed by atoms with Gasteiger partial charge in [0.25, 0.3) is 21.6 Å². The molecule has 3 aromatic carbocycles. The van der Waals surface area contributed by atoms with E-state index in [1.165, 1.54) is 28.6 Å². The Morgan fingerprint density at radius 2 is 1.77 bits per heavy atom. The van der Waals surface area contributed by atoms with Gasteiger partial charge in [-0.15, -0.1) is 33.3 Å². The number of benzene rings is 3. The van der Waals surface area contributed by atoms with Crippen molar-refractivity contribution in [3.05, 3.63) is 117 Å². The molecule has 13 nitrogen and oxygen atoms in total. The number of nitro groups is 1. The molecule has 16 heteroatoms. The summed E-state index contributed by atoms with van der Waals surface area (Å²) in [6.07, 6.45) is 0. The molecule has 1 aliphatic rings. The Hall–Kier alpha value is -5.03. The number of nitro benzene ring substituents is 1. The number of ether oxygens (including phenoxy) is 1. The molecule has 1 saturated heterocycles. The van der Waals surface area contributed by atoms with E-state index < -0.39 is 31.4 Å². The van der Waals surface area contributed by atoms with Gasteiger partial charge in [-0.3, -0.25) is 19.8 Å². The number of hydrogen-bond acceptors (Lipinski definition) is 13. The van der Waals surface area contributed by atoms with Gasteiger partial charge in [0.1, 0.15) is 11.4 Å². The number of aromatic nitrogens is 2. The van der Waals surface area contributed by atoms with Gasteiger partial charge in [0.05, 0.1) is 16.4 Å². The van der Waals surface area contributed by atoms with Crippen molar-refractivity contribution >= 4 is 56.2 Å². The lowest BCUT2D eigenvalue weighted by Crippen LogP contribution is -2.46. The van der Waals surface area contributed by atoms with Crippen molar-refractivity contribution in [2.45, 2.75) is 23.3 Å². The van der Waals surface area contributed by atoms with Gasteiger partial charge in [0.2, 0.25) is 0 Å². The van der Waals surface area contributed by atoms with Gasteiger partial charge in [-0.1, -0.05) is 30.3 Å². The Kier molecular flexibility index (Phi) is 12.0. The Bertz CT molecular complexity index is 2110. The van der Waals surface area contributed by atoms with Crippen LogP contribution in [0.5, 0.6) is 5.75 Å². The zero-order valence-electron chi connectivity index (χ0n) is 28.3. The van der Waals surface area contributed by atoms with E-state index >= 15 is 0 Å². The molecule has 0 bridgehead atoms. The smallest absolute Gasteiger partial charge is 0.293 e. The van der Waals surface area contributed by atoms with Gasteiger partial charge in [-0.25, -0.2) is 13.1 Å². The van der Waals surface area contributed by atoms with Crippen molar-refractivity contribution in [2.75, 3.05) is 55.3 Å². The van der Waals surface area contributed by atoms with Crippen LogP contribution in [-0.2, 0) is 16.6 Å². The van der Waals surface area contributed by atoms with Crippen LogP contribution in [0.4, 0.5) is 17.2 Å². The number of nitrogens with one attached hydrogen (secondary N) is 2. The molecule has 0 aliphatic carbocycles. The number of nitrogens with zero attached hydrogens (tertiary/aromatic N) is 5. The van der Waals surface area contributed by atoms with Crippen molar-refractivity contribution in [3.8, 4) is 16.9 Å². The molecule has 0 unspecified atom stereocenters. The Morgan fingerprint density at radius 1 is 0.962 bits per heavy atom. The standard InChI is InChI=1S/C36H37N7O6S3/c1-2-49-28-8-6-7-26(21-28)27-22-30(51-25-27)24-41-16-18-42(19-17-41)35-14-13-33(38-39-35)36(44)40-52(47,48)31-11-12-32(34(23-31)43(45)46)37-15-20-50-29-9-4-3-5-10-29/h3-14,21-23,25,37H,2,15-20,24H2,1H3,(H,40,44). The van der Waals surface area contributed by atoms with Gasteiger partial charge in [0.15, 0.2) is 11.5 Å². The average Bonchev–Trinajstić information content (AvgIpc) is 3.63. The topological polar surface area (TPSA) is 160 Å². The minimum atomic E-state index is -4.45. The summed E-state index contributed by atoms with van der Waals surface area (Å²) in [6, 6.07) is 26.5. The third kappa shape index (κ3) is 9.44. The zero-order valence-corrected chi connectivity index (χ0v) is 30.8. The predicted octanol–water partition coefficient (Wildman–Crippen LogP) is 6.16. The molecule has 0 spiro atoms. The summed E-state index contributed by atoms with van der Waals surface area (Å²) in [6.45, 7) is 6.87. The second-order valence-electron chi connectivity index (χ2n) is 11.8. The summed E-state index contributed by atoms with van der Waals surface area (Å²) >= 11 is 3.32. The van der Waals surface area contributed by atoms with Crippen LogP contribution in [0.25, 0.3) is 11.1 Å². The van der Waals surface area contributed by atoms with Crippen molar-refractivity contribution in [1.29, 1.82) is 0 Å². The van der Waals surface area contributed by atoms with Crippen molar-refractivity contribution in [3.63, 3.8) is 0 Å². The highest BCUT2D eigenvalue weighted by molar-refractivity contribution is 7.99. The van der Waals surface area contributed by atoms with Crippen molar-refractivity contribution in [2.24, 2.45) is 0 Å². The summed E-state index contributed by atoms with van der Waals surface area (Å²) < 4.78 is 33.7. The number of hydrogen-bond donors (Lipinski definition) is 2. The summed E-state index contributed by atoms with van der Waals surface area (Å²) in [5, 5.41) is 25.1. The average molecular weight is 760 g/mol. The molecule has 6 rings (SSSR count). The lowest BCUT2D eigenvalue weighted by molar-refractivity contribution is -0.384. The van der Waals surface area contributed by atoms with Crippen LogP contribution >= 0.6 is 23.1 Å². The Morgan fingerprint density at radius 3 is 2.50 bits per heavy atom. The molecule has 2 aromatic heterocycles. The van der Waals surface area contributed by atoms with E-state index in [1.54, 1.807) is 29.2 Å². The van der Waals surface area contributed by atoms with Crippen LogP contribution in [0.1, 0.15) is 22.3 Å². The molecule has 270 valence electrons. The third-order valence-corrected chi connectivity index (χ3v) is 11.5. The maximum Gasteiger partial charge on any atom is 0.293 e. The Balaban J connectivity index is 0.999. The number of carbonyl (C=O) groups excluding carboxylic acids is 1. The minimum absolute atomic E-state index is 0.173. The number of piperazine rings is 1. The summed E-state index contributed by atoms with van der Waals surface area (Å²) in [4.78, 5) is 30.4. The number of thiophene rings is 1. The first-order valence-electron chi connectivity index (χ1n) is 16.6. The second-order valence-corrected chi connectivity index (χ2v) is 15.6. The maximum atomic E-state index is 13.1. The van der Waals surface area contributed by atoms with Crippen LogP contribution in [0.3, 0.4) is 0 Å². The fraction of sp³-hybridized carbons (Fsp3) is 0.250. The van der Waals surface area contributed by atoms with Crippen LogP contribution in [0, 0.1) is 10.1 Å². The lowest BCUT2D eigenvalue weighted by atomic mass is 10.1. The SMILES string of the molecule is CCOc1cccc(-c2csc(CN3CCN(c4ccc(C(=O)NS(=O)(=O)c5ccc(NCCSc6ccccc6)c([N+](=O)[O-])c5)nn4)CC3)c2)c1. The fourth-order valence-electron chi connectivity index (χ4n) is 5.60. The lowest BCUT2D eigenvalue weighted by Gasteiger charge is -2.34. The van der Waals surface area contributed by atoms with E-state index in [1.807, 2.05) is 54.1 Å². The first-order valence-corrected chi connectivity index (χ1v) is 19.9. The van der Waals surface area contributed by atoms with Gasteiger partial charge >= 0.3 is 0 Å². The predicted molar refractivity (Wildman–Crippen MR) is 204 cm³/mol. The number of amides is 1. The van der Waals surface area contributed by atoms with E-state index in [2.05, 4.69) is 48.9 Å². The van der Waals surface area contributed by atoms with Crippen LogP contribution in [0.2, 0.25) is 0 Å². The normalized spacial score (nSPS) is 13.4. The number of anilines is 2. The van der Waals surface area contributed by atoms with Crippen molar-refractivity contribution < 1.29 is 22.9 Å². The number of carbonyl (C=O) groups is 1. The molecule has 3 heterocycles. The number of rotatable bonds is 15. The van der Waals surface area contributed by atoms with Gasteiger partial charge in [-0.05, 0) is 78.0 Å². The highest BCUT2D eigenvalue weighted by Crippen LogP contribution is 2.30. The fourth-order valence-corrected chi connectivity index (χ4v) is 8.31. The van der Waals surface area contributed by atoms with Crippen LogP contribution in [0.15, 0.2) is 106 Å². The van der Waals surface area contributed by atoms with Crippen LogP contribution < -0.4 is 19.7 Å². The zero-order chi connectivity index (χ0) is 36.5. The van der Waals surface area contributed by atoms with Crippen molar-refractivity contribution in [1.82, 2.24) is 19.8 Å². The second kappa shape index (κ2) is 17.0. The number of sulfonamides is 1. The Labute approximate surface area is 310 Å². The third-order valence-electron chi connectivity index (χ3n) is 8.22. The quantitative estimate of drug-likeness (QED) is 0.0543. The van der Waals surface area contributed by atoms with Crippen LogP contribution in [-0.4, -0.2) is 79.4 Å². The van der Waals surface area contributed by atoms with E-state index in [9.17, 15) is 23.3 Å². The van der Waals surface area contributed by atoms with E-state index in [0.29, 0.717) is 37.8 Å². The van der Waals surface area contributed by atoms with Gasteiger partial charge in [0, 0.05) is 60.9 Å². The van der Waals surface area contributed by atoms with E-state index in [0.717, 1.165) is 41.9 Å². The molecule has 0 atom stereocenters. The minimum Gasteiger partial charge on any atom is -0.494 e. The van der Waals surface area contributed by atoms with E-state index in [4.69, 9.17) is 4.74 Å². The molecule has 0 radical (unpaired) electrons. The maximum absolute atomic E-state index is 13.1. The molecular weight excluding hydrogens is 723 g/mol. The molecule has 52 heavy (non-hydrogen) atoms. The van der Waals surface area contributed by atoms with Gasteiger partial charge < -0.3 is 15.0 Å². The molecule has 1 aliphatic heterocycles. The first-order chi connectivity index (χ1) is 25.2. The first kappa shape index (κ1) is 36.8. The van der Waals surface area contributed by atoms with Gasteiger partial charge in [-0.2, -0.15) is 0 Å². The molecule has 0 saturated carbocycles. The molecule has 5 aromatic rings. The molecular formula is C36H37N7O6S3. The monoisotopic (exact) mass is 759 g/mol. The summed E-state index contributed by atoms with van der Waals surface area (Å²) in [7, 11) is -4.45. The molecule has 1 amide bonds. The molecule has 2 N–H and O–H groups in total. The highest BCUT2D eigenvalue weighted by Gasteiger charge is 2.25. The summed E-state index contributed by atoms with van der Waals surface area (Å²) in [5.41, 5.74) is 1.85. The molecule has 1 fully saturated rings. The summed E-state index contributed by atoms with van der Waals surface area (Å²) in [5.74, 6) is 1.08. The highest BCUT2D eigenvalue weighted by atomic mass is 32.2. The van der Waals surface area contributed by atoms with E-state index in [-0.39, 0.29) is 11.4 Å². The number of thioether (sulfide) groups is 1. The largest absolute Gasteiger partial charge is 0.494 e.